The third kappa shape index (κ3) is 6.36. The minimum absolute atomic E-state index is 0.363. The van der Waals surface area contributed by atoms with Gasteiger partial charge in [-0.2, -0.15) is 0 Å². The molecule has 1 atom stereocenters. The fraction of sp³-hybridized carbons (Fsp3) is 0.500. The zero-order valence-corrected chi connectivity index (χ0v) is 12.0. The lowest BCUT2D eigenvalue weighted by molar-refractivity contribution is -0.147. The zero-order chi connectivity index (χ0) is 14.6. The number of amides is 1. The smallest absolute Gasteiger partial charge is 0.328 e. The quantitative estimate of drug-likeness (QED) is 0.406. The number of hydrogen-bond donors (Lipinski definition) is 1. The lowest BCUT2D eigenvalue weighted by Crippen LogP contribution is -2.39. The van der Waals surface area contributed by atoms with Crippen molar-refractivity contribution in [1.29, 1.82) is 0 Å². The molecule has 0 aromatic heterocycles. The topological polar surface area (TPSA) is 55.4 Å². The first-order valence-corrected chi connectivity index (χ1v) is 7.18. The molecule has 0 radical (unpaired) electrons. The third-order valence-corrected chi connectivity index (χ3v) is 3.08. The maximum atomic E-state index is 11.9. The van der Waals surface area contributed by atoms with E-state index in [0.29, 0.717) is 19.4 Å². The highest BCUT2D eigenvalue weighted by Crippen LogP contribution is 2.05. The fourth-order valence-corrected chi connectivity index (χ4v) is 1.94. The number of benzene rings is 1. The molecule has 0 aliphatic rings. The Kier molecular flexibility index (Phi) is 8.11. The molecule has 0 saturated carbocycles. The highest BCUT2D eigenvalue weighted by atomic mass is 16.5. The summed E-state index contributed by atoms with van der Waals surface area (Å²) in [6.45, 7) is 2.56. The first kappa shape index (κ1) is 16.2. The molecular formula is C16H23NO3. The molecule has 0 aliphatic carbocycles. The van der Waals surface area contributed by atoms with Crippen molar-refractivity contribution in [3.05, 3.63) is 35.9 Å². The van der Waals surface area contributed by atoms with Gasteiger partial charge in [-0.1, -0.05) is 56.5 Å². The summed E-state index contributed by atoms with van der Waals surface area (Å²) in [4.78, 5) is 22.5. The Balaban J connectivity index is 2.40. The van der Waals surface area contributed by atoms with Crippen LogP contribution in [-0.4, -0.2) is 25.0 Å². The van der Waals surface area contributed by atoms with Gasteiger partial charge in [0.25, 0.3) is 0 Å². The van der Waals surface area contributed by atoms with E-state index in [4.69, 9.17) is 4.74 Å². The van der Waals surface area contributed by atoms with Gasteiger partial charge in [0.15, 0.2) is 0 Å². The van der Waals surface area contributed by atoms with Gasteiger partial charge in [-0.25, -0.2) is 4.79 Å². The summed E-state index contributed by atoms with van der Waals surface area (Å²) >= 11 is 0. The highest BCUT2D eigenvalue weighted by Gasteiger charge is 2.19. The van der Waals surface area contributed by atoms with Gasteiger partial charge in [0, 0.05) is 6.42 Å². The van der Waals surface area contributed by atoms with Crippen molar-refractivity contribution < 1.29 is 14.3 Å². The molecule has 0 aliphatic heterocycles. The highest BCUT2D eigenvalue weighted by molar-refractivity contribution is 5.78. The average molecular weight is 277 g/mol. The summed E-state index contributed by atoms with van der Waals surface area (Å²) in [7, 11) is 0. The lowest BCUT2D eigenvalue weighted by atomic mass is 10.1. The molecule has 0 heterocycles. The molecule has 4 nitrogen and oxygen atoms in total. The number of unbranched alkanes of at least 4 members (excludes halogenated alkanes) is 3. The summed E-state index contributed by atoms with van der Waals surface area (Å²) in [5.74, 6) is -0.363. The Morgan fingerprint density at radius 1 is 1.25 bits per heavy atom. The Bertz CT molecular complexity index is 392. The summed E-state index contributed by atoms with van der Waals surface area (Å²) in [6.07, 6.45) is 5.24. The number of carbonyl (C=O) groups is 2. The average Bonchev–Trinajstić information content (AvgIpc) is 2.47. The van der Waals surface area contributed by atoms with Crippen LogP contribution in [0.25, 0.3) is 0 Å². The van der Waals surface area contributed by atoms with E-state index in [0.717, 1.165) is 31.2 Å². The number of hydrogen-bond acceptors (Lipinski definition) is 3. The number of rotatable bonds is 10. The van der Waals surface area contributed by atoms with Crippen LogP contribution in [0.1, 0.15) is 38.2 Å². The Hall–Kier alpha value is -1.84. The molecule has 1 N–H and O–H groups in total. The van der Waals surface area contributed by atoms with Crippen molar-refractivity contribution in [1.82, 2.24) is 5.32 Å². The predicted molar refractivity (Wildman–Crippen MR) is 78.2 cm³/mol. The largest absolute Gasteiger partial charge is 0.464 e. The SMILES string of the molecule is CCCCCCOC(=O)C(Cc1ccccc1)NC=O. The summed E-state index contributed by atoms with van der Waals surface area (Å²) in [6, 6.07) is 8.97. The first-order valence-electron chi connectivity index (χ1n) is 7.18. The molecule has 0 bridgehead atoms. The van der Waals surface area contributed by atoms with E-state index in [1.165, 1.54) is 0 Å². The van der Waals surface area contributed by atoms with E-state index in [-0.39, 0.29) is 5.97 Å². The van der Waals surface area contributed by atoms with E-state index >= 15 is 0 Å². The van der Waals surface area contributed by atoms with E-state index in [2.05, 4.69) is 12.2 Å². The van der Waals surface area contributed by atoms with Crippen LogP contribution in [0.3, 0.4) is 0 Å². The number of esters is 1. The van der Waals surface area contributed by atoms with Gasteiger partial charge in [0.1, 0.15) is 6.04 Å². The Morgan fingerprint density at radius 3 is 2.65 bits per heavy atom. The van der Waals surface area contributed by atoms with Crippen LogP contribution in [0, 0.1) is 0 Å². The number of carbonyl (C=O) groups excluding carboxylic acids is 2. The molecule has 0 fully saturated rings. The molecule has 4 heteroatoms. The summed E-state index contributed by atoms with van der Waals surface area (Å²) in [5.41, 5.74) is 0.995. The van der Waals surface area contributed by atoms with E-state index in [1.807, 2.05) is 30.3 Å². The molecule has 0 spiro atoms. The molecule has 1 unspecified atom stereocenters. The molecular weight excluding hydrogens is 254 g/mol. The lowest BCUT2D eigenvalue weighted by Gasteiger charge is -2.15. The van der Waals surface area contributed by atoms with Crippen LogP contribution in [0.4, 0.5) is 0 Å². The van der Waals surface area contributed by atoms with Crippen LogP contribution < -0.4 is 5.32 Å². The van der Waals surface area contributed by atoms with Crippen molar-refractivity contribution in [2.75, 3.05) is 6.61 Å². The van der Waals surface area contributed by atoms with Crippen LogP contribution in [-0.2, 0) is 20.7 Å². The Labute approximate surface area is 120 Å². The molecule has 1 rings (SSSR count). The summed E-state index contributed by atoms with van der Waals surface area (Å²) in [5, 5.41) is 2.53. The maximum Gasteiger partial charge on any atom is 0.328 e. The second-order valence-electron chi connectivity index (χ2n) is 4.75. The van der Waals surface area contributed by atoms with Crippen molar-refractivity contribution in [3.8, 4) is 0 Å². The maximum absolute atomic E-state index is 11.9. The van der Waals surface area contributed by atoms with Gasteiger partial charge in [-0.15, -0.1) is 0 Å². The molecule has 20 heavy (non-hydrogen) atoms. The Morgan fingerprint density at radius 2 is 2.00 bits per heavy atom. The minimum atomic E-state index is -0.610. The van der Waals surface area contributed by atoms with Crippen LogP contribution in [0.15, 0.2) is 30.3 Å². The molecule has 0 saturated heterocycles. The molecule has 1 aromatic carbocycles. The monoisotopic (exact) mass is 277 g/mol. The third-order valence-electron chi connectivity index (χ3n) is 3.08. The number of ether oxygens (including phenoxy) is 1. The van der Waals surface area contributed by atoms with E-state index in [1.54, 1.807) is 0 Å². The van der Waals surface area contributed by atoms with Gasteiger partial charge in [-0.05, 0) is 12.0 Å². The van der Waals surface area contributed by atoms with Gasteiger partial charge in [0.05, 0.1) is 6.61 Å². The first-order chi connectivity index (χ1) is 9.77. The van der Waals surface area contributed by atoms with Gasteiger partial charge in [0.2, 0.25) is 6.41 Å². The fourth-order valence-electron chi connectivity index (χ4n) is 1.94. The van der Waals surface area contributed by atoms with Gasteiger partial charge >= 0.3 is 5.97 Å². The second-order valence-corrected chi connectivity index (χ2v) is 4.75. The van der Waals surface area contributed by atoms with Gasteiger partial charge in [-0.3, -0.25) is 4.79 Å². The van der Waals surface area contributed by atoms with Crippen molar-refractivity contribution in [2.45, 2.75) is 45.1 Å². The minimum Gasteiger partial charge on any atom is -0.464 e. The second kappa shape index (κ2) is 10.0. The molecule has 1 aromatic rings. The molecule has 1 amide bonds. The standard InChI is InChI=1S/C16H23NO3/c1-2-3-4-8-11-20-16(19)15(17-13-18)12-14-9-6-5-7-10-14/h5-7,9-10,13,15H,2-4,8,11-12H2,1H3,(H,17,18). The van der Waals surface area contributed by atoms with E-state index < -0.39 is 6.04 Å². The van der Waals surface area contributed by atoms with Crippen LogP contribution in [0.2, 0.25) is 0 Å². The van der Waals surface area contributed by atoms with Crippen LogP contribution >= 0.6 is 0 Å². The van der Waals surface area contributed by atoms with Crippen LogP contribution in [0.5, 0.6) is 0 Å². The predicted octanol–water partition coefficient (Wildman–Crippen LogP) is 2.47. The van der Waals surface area contributed by atoms with Crippen molar-refractivity contribution in [3.63, 3.8) is 0 Å². The van der Waals surface area contributed by atoms with Crippen molar-refractivity contribution >= 4 is 12.4 Å². The normalized spacial score (nSPS) is 11.7. The van der Waals surface area contributed by atoms with Gasteiger partial charge < -0.3 is 10.1 Å². The number of nitrogens with one attached hydrogen (secondary N) is 1. The molecule has 110 valence electrons. The van der Waals surface area contributed by atoms with E-state index in [9.17, 15) is 9.59 Å². The summed E-state index contributed by atoms with van der Waals surface area (Å²) < 4.78 is 5.22. The van der Waals surface area contributed by atoms with Crippen molar-refractivity contribution in [2.24, 2.45) is 0 Å². The zero-order valence-electron chi connectivity index (χ0n) is 12.0.